The molecule has 0 spiro atoms. The van der Waals surface area contributed by atoms with E-state index in [0.29, 0.717) is 0 Å². The molecule has 1 aromatic rings. The minimum absolute atomic E-state index is 0.0998. The van der Waals surface area contributed by atoms with Gasteiger partial charge in [0.25, 0.3) is 0 Å². The Bertz CT molecular complexity index is 348. The maximum Gasteiger partial charge on any atom is 0.317 e. The molecule has 1 rings (SSSR count). The number of hydrogen-bond donors (Lipinski definition) is 1. The van der Waals surface area contributed by atoms with Crippen LogP contribution in [-0.4, -0.2) is 43.2 Å². The third-order valence-corrected chi connectivity index (χ3v) is 2.57. The van der Waals surface area contributed by atoms with E-state index in [0.717, 1.165) is 25.1 Å². The lowest BCUT2D eigenvalue weighted by atomic mass is 10.1. The van der Waals surface area contributed by atoms with E-state index < -0.39 is 5.97 Å². The van der Waals surface area contributed by atoms with Crippen molar-refractivity contribution in [3.63, 3.8) is 0 Å². The average Bonchev–Trinajstić information content (AvgIpc) is 2.29. The number of hydrogen-bond acceptors (Lipinski definition) is 3. The first-order valence-corrected chi connectivity index (χ1v) is 5.65. The van der Waals surface area contributed by atoms with Crippen molar-refractivity contribution >= 4 is 5.97 Å². The lowest BCUT2D eigenvalue weighted by Gasteiger charge is -2.13. The van der Waals surface area contributed by atoms with Crippen LogP contribution in [0.5, 0.6) is 5.75 Å². The molecule has 17 heavy (non-hydrogen) atoms. The van der Waals surface area contributed by atoms with E-state index in [9.17, 15) is 4.79 Å². The zero-order valence-corrected chi connectivity index (χ0v) is 10.3. The van der Waals surface area contributed by atoms with Gasteiger partial charge in [-0.25, -0.2) is 0 Å². The molecule has 94 valence electrons. The molecular formula is C13H19NO3. The van der Waals surface area contributed by atoms with Crippen molar-refractivity contribution in [1.82, 2.24) is 4.90 Å². The monoisotopic (exact) mass is 237 g/mol. The second-order valence-corrected chi connectivity index (χ2v) is 4.08. The Kier molecular flexibility index (Phi) is 5.49. The van der Waals surface area contributed by atoms with E-state index >= 15 is 0 Å². The van der Waals surface area contributed by atoms with Crippen LogP contribution in [0.1, 0.15) is 12.0 Å². The molecule has 0 saturated heterocycles. The number of methoxy groups -OCH3 is 1. The highest BCUT2D eigenvalue weighted by Crippen LogP contribution is 2.12. The quantitative estimate of drug-likeness (QED) is 0.783. The number of likely N-dealkylation sites (N-methyl/N-ethyl adjacent to an activating group) is 1. The Morgan fingerprint density at radius 1 is 1.35 bits per heavy atom. The zero-order chi connectivity index (χ0) is 12.7. The number of carbonyl (C=O) groups is 1. The van der Waals surface area contributed by atoms with Gasteiger partial charge in [-0.3, -0.25) is 9.69 Å². The lowest BCUT2D eigenvalue weighted by molar-refractivity contribution is -0.137. The second kappa shape index (κ2) is 6.91. The van der Waals surface area contributed by atoms with Crippen LogP contribution in [0.25, 0.3) is 0 Å². The molecule has 0 atom stereocenters. The largest absolute Gasteiger partial charge is 0.497 e. The second-order valence-electron chi connectivity index (χ2n) is 4.08. The van der Waals surface area contributed by atoms with E-state index in [1.807, 2.05) is 36.2 Å². The predicted molar refractivity (Wildman–Crippen MR) is 66.4 cm³/mol. The van der Waals surface area contributed by atoms with Crippen LogP contribution in [-0.2, 0) is 11.2 Å². The van der Waals surface area contributed by atoms with Gasteiger partial charge < -0.3 is 9.84 Å². The number of rotatable bonds is 7. The number of aliphatic carboxylic acids is 1. The van der Waals surface area contributed by atoms with Crippen LogP contribution in [0.15, 0.2) is 24.3 Å². The van der Waals surface area contributed by atoms with Crippen LogP contribution < -0.4 is 4.74 Å². The summed E-state index contributed by atoms with van der Waals surface area (Å²) in [6, 6.07) is 7.96. The molecule has 0 saturated carbocycles. The number of nitrogens with zero attached hydrogens (tertiary/aromatic N) is 1. The molecule has 4 nitrogen and oxygen atoms in total. The zero-order valence-electron chi connectivity index (χ0n) is 10.3. The summed E-state index contributed by atoms with van der Waals surface area (Å²) in [5, 5.41) is 8.60. The molecule has 1 N–H and O–H groups in total. The molecule has 0 heterocycles. The summed E-state index contributed by atoms with van der Waals surface area (Å²) in [7, 11) is 3.47. The maximum absolute atomic E-state index is 10.5. The first kappa shape index (κ1) is 13.5. The lowest BCUT2D eigenvalue weighted by Crippen LogP contribution is -2.26. The Labute approximate surface area is 102 Å². The Morgan fingerprint density at radius 2 is 2.00 bits per heavy atom. The van der Waals surface area contributed by atoms with Crippen molar-refractivity contribution in [2.45, 2.75) is 12.8 Å². The standard InChI is InChI=1S/C13H19NO3/c1-14(10-13(15)16)9-3-4-11-5-7-12(17-2)8-6-11/h5-8H,3-4,9-10H2,1-2H3,(H,15,16). The Morgan fingerprint density at radius 3 is 2.53 bits per heavy atom. The van der Waals surface area contributed by atoms with Gasteiger partial charge in [0.2, 0.25) is 0 Å². The minimum Gasteiger partial charge on any atom is -0.497 e. The van der Waals surface area contributed by atoms with Gasteiger partial charge in [0.15, 0.2) is 0 Å². The Balaban J connectivity index is 2.28. The number of ether oxygens (including phenoxy) is 1. The number of carboxylic acid groups (broad SMARTS) is 1. The van der Waals surface area contributed by atoms with Crippen LogP contribution in [0.4, 0.5) is 0 Å². The van der Waals surface area contributed by atoms with Gasteiger partial charge in [-0.05, 0) is 44.1 Å². The predicted octanol–water partition coefficient (Wildman–Crippen LogP) is 1.64. The van der Waals surface area contributed by atoms with E-state index in [4.69, 9.17) is 9.84 Å². The molecule has 4 heteroatoms. The van der Waals surface area contributed by atoms with E-state index in [-0.39, 0.29) is 6.54 Å². The molecule has 1 aromatic carbocycles. The summed E-state index contributed by atoms with van der Waals surface area (Å²) in [4.78, 5) is 12.3. The third kappa shape index (κ3) is 5.36. The van der Waals surface area contributed by atoms with Crippen molar-refractivity contribution in [1.29, 1.82) is 0 Å². The average molecular weight is 237 g/mol. The Hall–Kier alpha value is -1.55. The van der Waals surface area contributed by atoms with Crippen LogP contribution >= 0.6 is 0 Å². The molecule has 0 radical (unpaired) electrons. The van der Waals surface area contributed by atoms with Gasteiger partial charge in [0, 0.05) is 0 Å². The molecular weight excluding hydrogens is 218 g/mol. The molecule has 0 aliphatic rings. The van der Waals surface area contributed by atoms with Crippen molar-refractivity contribution in [2.75, 3.05) is 27.2 Å². The van der Waals surface area contributed by atoms with Crippen molar-refractivity contribution in [3.8, 4) is 5.75 Å². The van der Waals surface area contributed by atoms with E-state index in [1.165, 1.54) is 5.56 Å². The van der Waals surface area contributed by atoms with Crippen molar-refractivity contribution in [3.05, 3.63) is 29.8 Å². The van der Waals surface area contributed by atoms with Gasteiger partial charge in [0.05, 0.1) is 13.7 Å². The number of benzene rings is 1. The third-order valence-electron chi connectivity index (χ3n) is 2.57. The van der Waals surface area contributed by atoms with E-state index in [2.05, 4.69) is 0 Å². The highest BCUT2D eigenvalue weighted by atomic mass is 16.5. The smallest absolute Gasteiger partial charge is 0.317 e. The van der Waals surface area contributed by atoms with Crippen LogP contribution in [0.3, 0.4) is 0 Å². The number of aryl methyl sites for hydroxylation is 1. The highest BCUT2D eigenvalue weighted by Gasteiger charge is 2.03. The molecule has 0 unspecified atom stereocenters. The summed E-state index contributed by atoms with van der Waals surface area (Å²) in [5.74, 6) is 0.0775. The first-order chi connectivity index (χ1) is 8.11. The minimum atomic E-state index is -0.781. The van der Waals surface area contributed by atoms with E-state index in [1.54, 1.807) is 7.11 Å². The molecule has 0 aliphatic carbocycles. The summed E-state index contributed by atoms with van der Waals surface area (Å²) >= 11 is 0. The van der Waals surface area contributed by atoms with Gasteiger partial charge >= 0.3 is 5.97 Å². The van der Waals surface area contributed by atoms with Crippen LogP contribution in [0, 0.1) is 0 Å². The summed E-state index contributed by atoms with van der Waals surface area (Å²) in [6.45, 7) is 0.890. The highest BCUT2D eigenvalue weighted by molar-refractivity contribution is 5.68. The van der Waals surface area contributed by atoms with Crippen LogP contribution in [0.2, 0.25) is 0 Å². The molecule has 0 amide bonds. The van der Waals surface area contributed by atoms with Gasteiger partial charge in [-0.1, -0.05) is 12.1 Å². The number of carboxylic acids is 1. The fourth-order valence-electron chi connectivity index (χ4n) is 1.66. The topological polar surface area (TPSA) is 49.8 Å². The molecule has 0 bridgehead atoms. The molecule has 0 fully saturated rings. The SMILES string of the molecule is COc1ccc(CCCN(C)CC(=O)O)cc1. The normalized spacial score (nSPS) is 10.5. The molecule has 0 aliphatic heterocycles. The summed E-state index contributed by atoms with van der Waals surface area (Å²) < 4.78 is 5.08. The van der Waals surface area contributed by atoms with Crippen molar-refractivity contribution in [2.24, 2.45) is 0 Å². The van der Waals surface area contributed by atoms with Gasteiger partial charge in [-0.15, -0.1) is 0 Å². The van der Waals surface area contributed by atoms with Gasteiger partial charge in [0.1, 0.15) is 5.75 Å². The fraction of sp³-hybridized carbons (Fsp3) is 0.462. The summed E-state index contributed by atoms with van der Waals surface area (Å²) in [6.07, 6.45) is 1.91. The molecule has 0 aromatic heterocycles. The first-order valence-electron chi connectivity index (χ1n) is 5.65. The fourth-order valence-corrected chi connectivity index (χ4v) is 1.66. The van der Waals surface area contributed by atoms with Gasteiger partial charge in [-0.2, -0.15) is 0 Å². The van der Waals surface area contributed by atoms with Crippen molar-refractivity contribution < 1.29 is 14.6 Å². The maximum atomic E-state index is 10.5. The summed E-state index contributed by atoms with van der Waals surface area (Å²) in [5.41, 5.74) is 1.24.